The lowest BCUT2D eigenvalue weighted by Crippen LogP contribution is -2.18. The van der Waals surface area contributed by atoms with E-state index in [9.17, 15) is 0 Å². The smallest absolute Gasteiger partial charge is 0.151 e. The molecule has 0 unspecified atom stereocenters. The summed E-state index contributed by atoms with van der Waals surface area (Å²) in [6, 6.07) is 61.4. The van der Waals surface area contributed by atoms with E-state index in [0.29, 0.717) is 0 Å². The molecule has 2 heterocycles. The maximum absolute atomic E-state index is 6.33. The Bertz CT molecular complexity index is 2750. The Hall–Kier alpha value is -7.04. The summed E-state index contributed by atoms with van der Waals surface area (Å²) in [7, 11) is 0. The van der Waals surface area contributed by atoms with E-state index in [1.807, 2.05) is 48.5 Å². The first-order valence-corrected chi connectivity index (χ1v) is 20.2. The first-order chi connectivity index (χ1) is 28.3. The number of ether oxygens (including phenoxy) is 2. The number of anilines is 6. The zero-order chi connectivity index (χ0) is 38.9. The molecule has 4 heteroatoms. The van der Waals surface area contributed by atoms with Crippen LogP contribution < -0.4 is 19.3 Å². The zero-order valence-corrected chi connectivity index (χ0v) is 32.9. The number of hydrogen-bond donors (Lipinski definition) is 0. The number of benzene rings is 8. The fourth-order valence-corrected chi connectivity index (χ4v) is 10.1. The van der Waals surface area contributed by atoms with Crippen LogP contribution in [0, 0.1) is 0 Å². The first kappa shape index (κ1) is 33.1. The monoisotopic (exact) mass is 748 g/mol. The van der Waals surface area contributed by atoms with Crippen LogP contribution in [0.2, 0.25) is 0 Å². The lowest BCUT2D eigenvalue weighted by atomic mass is 9.80. The molecule has 2 aliphatic heterocycles. The summed E-state index contributed by atoms with van der Waals surface area (Å²) in [5, 5.41) is 0. The summed E-state index contributed by atoms with van der Waals surface area (Å²) in [6.45, 7) is 9.49. The van der Waals surface area contributed by atoms with E-state index in [2.05, 4.69) is 159 Å². The van der Waals surface area contributed by atoms with Gasteiger partial charge >= 0.3 is 0 Å². The van der Waals surface area contributed by atoms with Gasteiger partial charge in [-0.15, -0.1) is 0 Å². The van der Waals surface area contributed by atoms with E-state index in [1.165, 1.54) is 55.6 Å². The predicted octanol–water partition coefficient (Wildman–Crippen LogP) is 15.1. The molecule has 0 spiro atoms. The SMILES string of the molecule is CC1(C)c2cc(-c3ccc4c(c3)C(C)(C)c3cc(N5c6ccccc6Oc6ccccc65)ccc3-4)ccc2-c2ccc(N3c4ccccc4Oc4ccccc43)cc21. The minimum atomic E-state index is -0.193. The van der Waals surface area contributed by atoms with Crippen LogP contribution in [0.25, 0.3) is 33.4 Å². The highest BCUT2D eigenvalue weighted by atomic mass is 16.5. The Morgan fingerprint density at radius 3 is 0.966 bits per heavy atom. The van der Waals surface area contributed by atoms with Crippen molar-refractivity contribution in [2.75, 3.05) is 9.80 Å². The van der Waals surface area contributed by atoms with Crippen molar-refractivity contribution in [3.05, 3.63) is 192 Å². The molecule has 0 bridgehead atoms. The molecule has 0 fully saturated rings. The molecule has 2 aliphatic carbocycles. The van der Waals surface area contributed by atoms with E-state index in [4.69, 9.17) is 9.47 Å². The van der Waals surface area contributed by atoms with Gasteiger partial charge in [-0.3, -0.25) is 0 Å². The van der Waals surface area contributed by atoms with Gasteiger partial charge in [0.05, 0.1) is 22.7 Å². The summed E-state index contributed by atoms with van der Waals surface area (Å²) < 4.78 is 12.7. The summed E-state index contributed by atoms with van der Waals surface area (Å²) in [5.74, 6) is 3.46. The highest BCUT2D eigenvalue weighted by Crippen LogP contribution is 2.57. The number of nitrogens with zero attached hydrogens (tertiary/aromatic N) is 2. The summed E-state index contributed by atoms with van der Waals surface area (Å²) >= 11 is 0. The van der Waals surface area contributed by atoms with Crippen LogP contribution >= 0.6 is 0 Å². The van der Waals surface area contributed by atoms with Gasteiger partial charge in [0.15, 0.2) is 23.0 Å². The Labute approximate surface area is 339 Å². The molecule has 0 saturated carbocycles. The molecule has 0 radical (unpaired) electrons. The quantitative estimate of drug-likeness (QED) is 0.180. The van der Waals surface area contributed by atoms with Crippen LogP contribution in [0.4, 0.5) is 34.1 Å². The highest BCUT2D eigenvalue weighted by molar-refractivity contribution is 5.93. The topological polar surface area (TPSA) is 24.9 Å². The Morgan fingerprint density at radius 2 is 0.621 bits per heavy atom. The van der Waals surface area contributed by atoms with Crippen LogP contribution in [0.5, 0.6) is 23.0 Å². The molecule has 4 nitrogen and oxygen atoms in total. The van der Waals surface area contributed by atoms with Crippen molar-refractivity contribution in [1.29, 1.82) is 0 Å². The van der Waals surface area contributed by atoms with E-state index < -0.39 is 0 Å². The Morgan fingerprint density at radius 1 is 0.328 bits per heavy atom. The highest BCUT2D eigenvalue weighted by Gasteiger charge is 2.39. The van der Waals surface area contributed by atoms with Crippen LogP contribution in [0.3, 0.4) is 0 Å². The molecule has 0 aromatic heterocycles. The third kappa shape index (κ3) is 4.57. The second kappa shape index (κ2) is 11.7. The van der Waals surface area contributed by atoms with Crippen molar-refractivity contribution in [2.45, 2.75) is 38.5 Å². The number of para-hydroxylation sites is 8. The van der Waals surface area contributed by atoms with E-state index >= 15 is 0 Å². The van der Waals surface area contributed by atoms with Crippen molar-refractivity contribution in [3.63, 3.8) is 0 Å². The lowest BCUT2D eigenvalue weighted by molar-refractivity contribution is 0.476. The molecule has 58 heavy (non-hydrogen) atoms. The number of fused-ring (bicyclic) bond motifs is 10. The van der Waals surface area contributed by atoms with Crippen LogP contribution in [-0.4, -0.2) is 0 Å². The Balaban J connectivity index is 0.901. The van der Waals surface area contributed by atoms with E-state index in [0.717, 1.165) is 57.1 Å². The van der Waals surface area contributed by atoms with Crippen LogP contribution in [-0.2, 0) is 10.8 Å². The normalized spacial score (nSPS) is 15.4. The minimum absolute atomic E-state index is 0.193. The fourth-order valence-electron chi connectivity index (χ4n) is 10.1. The standard InChI is InChI=1S/C54H40N2O2/c1-53(2)41-29-33(21-25-37(41)39-27-23-35(31-43(39)53)55-45-13-5-9-17-49(45)57-50-18-10-6-14-46(50)55)34-22-26-38-40-28-24-36(32-44(40)54(3,4)42(38)30-34)56-47-15-7-11-19-51(47)58-52-20-12-8-16-48(52)56/h5-32H,1-4H3. The molecular weight excluding hydrogens is 709 g/mol. The molecule has 0 N–H and O–H groups in total. The summed E-state index contributed by atoms with van der Waals surface area (Å²) in [6.07, 6.45) is 0. The molecule has 0 atom stereocenters. The molecular formula is C54H40N2O2. The zero-order valence-electron chi connectivity index (χ0n) is 32.9. The van der Waals surface area contributed by atoms with Gasteiger partial charge in [-0.2, -0.15) is 0 Å². The van der Waals surface area contributed by atoms with Gasteiger partial charge in [0, 0.05) is 22.2 Å². The molecule has 0 saturated heterocycles. The average Bonchev–Trinajstić information content (AvgIpc) is 3.62. The lowest BCUT2D eigenvalue weighted by Gasteiger charge is -2.33. The number of hydrogen-bond acceptors (Lipinski definition) is 4. The van der Waals surface area contributed by atoms with Crippen molar-refractivity contribution in [3.8, 4) is 56.4 Å². The van der Waals surface area contributed by atoms with Gasteiger partial charge in [0.1, 0.15) is 0 Å². The summed E-state index contributed by atoms with van der Waals surface area (Å²) in [5.41, 5.74) is 19.2. The third-order valence-electron chi connectivity index (χ3n) is 13.0. The second-order valence-electron chi connectivity index (χ2n) is 17.0. The minimum Gasteiger partial charge on any atom is -0.453 e. The van der Waals surface area contributed by atoms with Gasteiger partial charge in [0.25, 0.3) is 0 Å². The molecule has 278 valence electrons. The molecule has 12 rings (SSSR count). The van der Waals surface area contributed by atoms with Gasteiger partial charge in [-0.1, -0.05) is 113 Å². The Kier molecular flexibility index (Phi) is 6.71. The molecule has 8 aromatic rings. The number of rotatable bonds is 3. The molecule has 0 amide bonds. The van der Waals surface area contributed by atoms with Crippen molar-refractivity contribution in [2.24, 2.45) is 0 Å². The molecule has 4 aliphatic rings. The van der Waals surface area contributed by atoms with Crippen molar-refractivity contribution >= 4 is 34.1 Å². The van der Waals surface area contributed by atoms with Crippen LogP contribution in [0.1, 0.15) is 49.9 Å². The average molecular weight is 749 g/mol. The predicted molar refractivity (Wildman–Crippen MR) is 237 cm³/mol. The van der Waals surface area contributed by atoms with Gasteiger partial charge in [0.2, 0.25) is 0 Å². The van der Waals surface area contributed by atoms with Gasteiger partial charge < -0.3 is 19.3 Å². The molecule has 8 aromatic carbocycles. The third-order valence-corrected chi connectivity index (χ3v) is 13.0. The second-order valence-corrected chi connectivity index (χ2v) is 17.0. The van der Waals surface area contributed by atoms with Crippen molar-refractivity contribution < 1.29 is 9.47 Å². The fraction of sp³-hybridized carbons (Fsp3) is 0.111. The maximum atomic E-state index is 6.33. The maximum Gasteiger partial charge on any atom is 0.151 e. The van der Waals surface area contributed by atoms with Crippen LogP contribution in [0.15, 0.2) is 170 Å². The van der Waals surface area contributed by atoms with Gasteiger partial charge in [-0.05, 0) is 141 Å². The van der Waals surface area contributed by atoms with E-state index in [-0.39, 0.29) is 10.8 Å². The van der Waals surface area contributed by atoms with E-state index in [1.54, 1.807) is 0 Å². The van der Waals surface area contributed by atoms with Gasteiger partial charge in [-0.25, -0.2) is 0 Å². The summed E-state index contributed by atoms with van der Waals surface area (Å²) in [4.78, 5) is 4.68. The largest absolute Gasteiger partial charge is 0.453 e. The van der Waals surface area contributed by atoms with Crippen molar-refractivity contribution in [1.82, 2.24) is 0 Å². The first-order valence-electron chi connectivity index (χ1n) is 20.2.